The van der Waals surface area contributed by atoms with E-state index in [1.807, 2.05) is 6.07 Å². The zero-order chi connectivity index (χ0) is 30.2. The number of aromatic nitrogens is 4. The number of pyridine rings is 1. The number of hydrogen-bond donors (Lipinski definition) is 3. The molecule has 2 fully saturated rings. The number of rotatable bonds is 7. The number of nitrogens with one attached hydrogen (secondary N) is 2. The van der Waals surface area contributed by atoms with Gasteiger partial charge < -0.3 is 21.3 Å². The van der Waals surface area contributed by atoms with Crippen molar-refractivity contribution in [2.75, 3.05) is 11.9 Å². The van der Waals surface area contributed by atoms with E-state index in [9.17, 15) is 9.59 Å². The van der Waals surface area contributed by atoms with Crippen molar-refractivity contribution in [3.05, 3.63) is 71.7 Å². The van der Waals surface area contributed by atoms with Crippen molar-refractivity contribution in [3.8, 4) is 11.3 Å². The zero-order valence-corrected chi connectivity index (χ0v) is 24.1. The lowest BCUT2D eigenvalue weighted by molar-refractivity contribution is -0.128. The third-order valence-electron chi connectivity index (χ3n) is 8.49. The summed E-state index contributed by atoms with van der Waals surface area (Å²) in [6.45, 7) is 4.34. The molecule has 4 unspecified atom stereocenters. The summed E-state index contributed by atoms with van der Waals surface area (Å²) in [5.74, 6) is -0.959. The lowest BCUT2D eigenvalue weighted by atomic mass is 9.73. The monoisotopic (exact) mass is 588 g/mol. The number of anilines is 2. The number of carbonyl (C=O) groups is 2. The first-order chi connectivity index (χ1) is 20.7. The van der Waals surface area contributed by atoms with E-state index in [1.54, 1.807) is 35.6 Å². The molecule has 1 saturated carbocycles. The molecule has 6 rings (SSSR count). The first-order valence-corrected chi connectivity index (χ1v) is 14.5. The van der Waals surface area contributed by atoms with E-state index in [0.29, 0.717) is 36.4 Å². The van der Waals surface area contributed by atoms with Crippen LogP contribution in [0.5, 0.6) is 0 Å². The van der Waals surface area contributed by atoms with E-state index in [0.717, 1.165) is 24.1 Å². The molecule has 10 nitrogen and oxygen atoms in total. The largest absolute Gasteiger partial charge is 0.352 e. The van der Waals surface area contributed by atoms with Crippen molar-refractivity contribution in [3.63, 3.8) is 0 Å². The molecule has 4 N–H and O–H groups in total. The molecule has 1 aliphatic carbocycles. The maximum absolute atomic E-state index is 15.3. The van der Waals surface area contributed by atoms with Crippen molar-refractivity contribution in [2.24, 2.45) is 11.7 Å². The lowest BCUT2D eigenvalue weighted by Crippen LogP contribution is -2.54. The molecule has 1 aliphatic heterocycles. The minimum Gasteiger partial charge on any atom is -0.352 e. The van der Waals surface area contributed by atoms with Gasteiger partial charge in [0.2, 0.25) is 17.8 Å². The van der Waals surface area contributed by atoms with Gasteiger partial charge in [-0.2, -0.15) is 9.61 Å². The maximum atomic E-state index is 15.3. The second-order valence-corrected chi connectivity index (χ2v) is 11.6. The molecule has 4 heterocycles. The van der Waals surface area contributed by atoms with Gasteiger partial charge in [-0.05, 0) is 72.6 Å². The summed E-state index contributed by atoms with van der Waals surface area (Å²) in [5, 5.41) is 10.8. The normalized spacial score (nSPS) is 22.3. The Morgan fingerprint density at radius 1 is 1.14 bits per heavy atom. The van der Waals surface area contributed by atoms with Crippen LogP contribution < -0.4 is 16.4 Å². The molecule has 43 heavy (non-hydrogen) atoms. The first-order valence-electron chi connectivity index (χ1n) is 14.5. The Bertz CT molecular complexity index is 1660. The summed E-state index contributed by atoms with van der Waals surface area (Å²) in [5.41, 5.74) is 9.12. The van der Waals surface area contributed by atoms with E-state index in [1.165, 1.54) is 23.6 Å². The predicted molar refractivity (Wildman–Crippen MR) is 157 cm³/mol. The van der Waals surface area contributed by atoms with Crippen molar-refractivity contribution >= 4 is 29.0 Å². The molecular weight excluding hydrogens is 554 g/mol. The number of fused-ring (bicyclic) bond motifs is 1. The van der Waals surface area contributed by atoms with Crippen LogP contribution in [0.15, 0.2) is 48.9 Å². The van der Waals surface area contributed by atoms with Crippen molar-refractivity contribution < 1.29 is 18.4 Å². The molecule has 1 saturated heterocycles. The Labute approximate surface area is 247 Å². The lowest BCUT2D eigenvalue weighted by Gasteiger charge is -2.39. The Kier molecular flexibility index (Phi) is 7.78. The van der Waals surface area contributed by atoms with Gasteiger partial charge in [-0.3, -0.25) is 14.6 Å². The highest BCUT2D eigenvalue weighted by atomic mass is 19.1. The second-order valence-electron chi connectivity index (χ2n) is 11.6. The number of imidazole rings is 1. The van der Waals surface area contributed by atoms with Gasteiger partial charge in [0.25, 0.3) is 0 Å². The van der Waals surface area contributed by atoms with E-state index in [4.69, 9.17) is 5.73 Å². The SMILES string of the molecule is CC(=O)NC1C(C)CC(c2ccncc2Nc2ncc3ccc(-c4c(F)cc(CN5CCCC5=O)cc4F)nn23)CC1N. The van der Waals surface area contributed by atoms with Crippen molar-refractivity contribution in [1.82, 2.24) is 29.8 Å². The van der Waals surface area contributed by atoms with E-state index < -0.39 is 11.6 Å². The van der Waals surface area contributed by atoms with Crippen LogP contribution in [0, 0.1) is 17.6 Å². The highest BCUT2D eigenvalue weighted by Gasteiger charge is 2.35. The third-order valence-corrected chi connectivity index (χ3v) is 8.49. The van der Waals surface area contributed by atoms with Crippen molar-refractivity contribution in [2.45, 2.75) is 64.1 Å². The van der Waals surface area contributed by atoms with Crippen LogP contribution in [0.25, 0.3) is 16.8 Å². The van der Waals surface area contributed by atoms with Crippen LogP contribution in [0.1, 0.15) is 56.6 Å². The van der Waals surface area contributed by atoms with Crippen LogP contribution in [-0.4, -0.2) is 54.9 Å². The van der Waals surface area contributed by atoms with Gasteiger partial charge in [-0.15, -0.1) is 0 Å². The fourth-order valence-electron chi connectivity index (χ4n) is 6.47. The zero-order valence-electron chi connectivity index (χ0n) is 24.1. The molecule has 0 bridgehead atoms. The van der Waals surface area contributed by atoms with Gasteiger partial charge in [0, 0.05) is 44.7 Å². The Morgan fingerprint density at radius 2 is 1.93 bits per heavy atom. The standard InChI is InChI=1S/C31H34F2N8O2/c1-17-10-20(13-25(34)30(17)37-18(2)42)22-7-8-35-15-27(22)38-31-36-14-21-5-6-26(39-41(21)31)29-23(32)11-19(12-24(29)33)16-40-9-3-4-28(40)43/h5-8,11-12,14-15,17,20,25,30H,3-4,9-10,13,16,34H2,1-2H3,(H,36,38)(H,37,42). The number of likely N-dealkylation sites (tertiary alicyclic amines) is 1. The van der Waals surface area contributed by atoms with Crippen LogP contribution in [0.2, 0.25) is 0 Å². The minimum absolute atomic E-state index is 0.0102. The highest BCUT2D eigenvalue weighted by Crippen LogP contribution is 2.39. The van der Waals surface area contributed by atoms with Gasteiger partial charge >= 0.3 is 0 Å². The third kappa shape index (κ3) is 5.79. The van der Waals surface area contributed by atoms with Gasteiger partial charge in [-0.25, -0.2) is 13.8 Å². The molecule has 224 valence electrons. The van der Waals surface area contributed by atoms with Gasteiger partial charge in [0.05, 0.1) is 34.9 Å². The number of halogens is 2. The summed E-state index contributed by atoms with van der Waals surface area (Å²) in [6, 6.07) is 7.42. The Balaban J connectivity index is 1.27. The van der Waals surface area contributed by atoms with E-state index in [-0.39, 0.29) is 53.5 Å². The Morgan fingerprint density at radius 3 is 2.63 bits per heavy atom. The molecule has 12 heteroatoms. The molecule has 2 aliphatic rings. The molecule has 4 aromatic rings. The van der Waals surface area contributed by atoms with Crippen LogP contribution >= 0.6 is 0 Å². The quantitative estimate of drug-likeness (QED) is 0.294. The molecule has 2 amide bonds. The highest BCUT2D eigenvalue weighted by molar-refractivity contribution is 5.78. The molecule has 0 radical (unpaired) electrons. The van der Waals surface area contributed by atoms with Gasteiger partial charge in [0.15, 0.2) is 0 Å². The van der Waals surface area contributed by atoms with Gasteiger partial charge in [0.1, 0.15) is 11.6 Å². The summed E-state index contributed by atoms with van der Waals surface area (Å²) in [6.07, 6.45) is 7.77. The molecule has 4 atom stereocenters. The number of nitrogens with two attached hydrogens (primary N) is 1. The van der Waals surface area contributed by atoms with Gasteiger partial charge in [-0.1, -0.05) is 6.92 Å². The number of amides is 2. The second kappa shape index (κ2) is 11.7. The summed E-state index contributed by atoms with van der Waals surface area (Å²) in [7, 11) is 0. The molecule has 1 aromatic carbocycles. The van der Waals surface area contributed by atoms with Crippen LogP contribution in [0.3, 0.4) is 0 Å². The predicted octanol–water partition coefficient (Wildman–Crippen LogP) is 4.28. The van der Waals surface area contributed by atoms with Crippen LogP contribution in [-0.2, 0) is 16.1 Å². The smallest absolute Gasteiger partial charge is 0.229 e. The Hall–Kier alpha value is -4.45. The average Bonchev–Trinajstić information content (AvgIpc) is 3.55. The van der Waals surface area contributed by atoms with E-state index >= 15 is 8.78 Å². The van der Waals surface area contributed by atoms with E-state index in [2.05, 4.69) is 32.6 Å². The number of hydrogen-bond acceptors (Lipinski definition) is 7. The fraction of sp³-hybridized carbons (Fsp3) is 0.387. The summed E-state index contributed by atoms with van der Waals surface area (Å²) >= 11 is 0. The first kappa shape index (κ1) is 28.7. The summed E-state index contributed by atoms with van der Waals surface area (Å²) in [4.78, 5) is 34.0. The summed E-state index contributed by atoms with van der Waals surface area (Å²) < 4.78 is 32.1. The maximum Gasteiger partial charge on any atom is 0.229 e. The number of benzene rings is 1. The van der Waals surface area contributed by atoms with Crippen molar-refractivity contribution in [1.29, 1.82) is 0 Å². The number of carbonyl (C=O) groups excluding carboxylic acids is 2. The fourth-order valence-corrected chi connectivity index (χ4v) is 6.47. The minimum atomic E-state index is -0.752. The molecule has 3 aromatic heterocycles. The molecule has 0 spiro atoms. The topological polar surface area (TPSA) is 131 Å². The number of nitrogens with zero attached hydrogens (tertiary/aromatic N) is 5. The average molecular weight is 589 g/mol. The van der Waals surface area contributed by atoms with Crippen LogP contribution in [0.4, 0.5) is 20.4 Å². The molecular formula is C31H34F2N8O2.